The van der Waals surface area contributed by atoms with Gasteiger partial charge in [0.05, 0.1) is 17.4 Å². The molecule has 2 aliphatic rings. The molecule has 4 aromatic carbocycles. The highest BCUT2D eigenvalue weighted by molar-refractivity contribution is 7.87. The zero-order chi connectivity index (χ0) is 26.3. The summed E-state index contributed by atoms with van der Waals surface area (Å²) in [6.45, 7) is 0. The molecule has 6 rings (SSSR count). The van der Waals surface area contributed by atoms with Crippen molar-refractivity contribution in [1.29, 1.82) is 0 Å². The lowest BCUT2D eigenvalue weighted by molar-refractivity contribution is -0.126. The third-order valence-electron chi connectivity index (χ3n) is 6.61. The third-order valence-corrected chi connectivity index (χ3v) is 7.86. The van der Waals surface area contributed by atoms with Crippen LogP contribution in [-0.4, -0.2) is 26.3 Å². The van der Waals surface area contributed by atoms with Crippen molar-refractivity contribution in [2.24, 2.45) is 5.92 Å². The molecule has 3 atom stereocenters. The Morgan fingerprint density at radius 1 is 0.658 bits per heavy atom. The molecule has 2 fully saturated rings. The number of amides is 2. The first kappa shape index (κ1) is 23.9. The van der Waals surface area contributed by atoms with Crippen LogP contribution < -0.4 is 14.1 Å². The Balaban J connectivity index is 1.45. The number of rotatable bonds is 6. The molecule has 0 aromatic heterocycles. The smallest absolute Gasteiger partial charge is 0.339 e. The van der Waals surface area contributed by atoms with Gasteiger partial charge in [-0.25, -0.2) is 9.96 Å². The molecule has 0 saturated carbocycles. The normalized spacial score (nSPS) is 21.0. The van der Waals surface area contributed by atoms with Crippen molar-refractivity contribution in [3.63, 3.8) is 0 Å². The van der Waals surface area contributed by atoms with Gasteiger partial charge in [0.25, 0.3) is 5.91 Å². The van der Waals surface area contributed by atoms with Crippen molar-refractivity contribution in [2.45, 2.75) is 17.0 Å². The van der Waals surface area contributed by atoms with Crippen LogP contribution in [0.4, 0.5) is 11.4 Å². The number of nitrogens with zero attached hydrogens (tertiary/aromatic N) is 2. The average molecular weight is 527 g/mol. The van der Waals surface area contributed by atoms with Gasteiger partial charge in [-0.1, -0.05) is 72.8 Å². The first-order valence-corrected chi connectivity index (χ1v) is 13.4. The van der Waals surface area contributed by atoms with Crippen molar-refractivity contribution < 1.29 is 27.0 Å². The van der Waals surface area contributed by atoms with Crippen LogP contribution in [0.25, 0.3) is 0 Å². The van der Waals surface area contributed by atoms with Crippen LogP contribution in [0, 0.1) is 5.92 Å². The van der Waals surface area contributed by atoms with Crippen molar-refractivity contribution >= 4 is 33.3 Å². The van der Waals surface area contributed by atoms with Crippen LogP contribution in [0.2, 0.25) is 0 Å². The highest BCUT2D eigenvalue weighted by Crippen LogP contribution is 2.49. The Labute approximate surface area is 219 Å². The molecule has 0 unspecified atom stereocenters. The lowest BCUT2D eigenvalue weighted by atomic mass is 9.90. The van der Waals surface area contributed by atoms with Gasteiger partial charge in [0.1, 0.15) is 16.6 Å². The van der Waals surface area contributed by atoms with Crippen molar-refractivity contribution in [3.8, 4) is 5.75 Å². The van der Waals surface area contributed by atoms with Gasteiger partial charge >= 0.3 is 10.1 Å². The SMILES string of the molecule is O=C1[C@@H]2[C@@H](c3ccccc3OS(=O)(=O)c3ccccc3)N(c3ccccc3)O[C@H]2C(=O)N1c1ccccc1. The molecule has 0 radical (unpaired) electrons. The molecule has 38 heavy (non-hydrogen) atoms. The summed E-state index contributed by atoms with van der Waals surface area (Å²) < 4.78 is 31.8. The number of hydrogen-bond acceptors (Lipinski definition) is 7. The highest BCUT2D eigenvalue weighted by atomic mass is 32.2. The monoisotopic (exact) mass is 526 g/mol. The lowest BCUT2D eigenvalue weighted by Gasteiger charge is -2.29. The minimum atomic E-state index is -4.17. The molecule has 0 spiro atoms. The number of hydroxylamine groups is 1. The second-order valence-corrected chi connectivity index (χ2v) is 10.4. The van der Waals surface area contributed by atoms with E-state index in [1.165, 1.54) is 23.3 Å². The number of para-hydroxylation sites is 3. The zero-order valence-electron chi connectivity index (χ0n) is 20.0. The van der Waals surface area contributed by atoms with E-state index in [0.717, 1.165) is 4.90 Å². The number of anilines is 2. The Morgan fingerprint density at radius 3 is 1.87 bits per heavy atom. The van der Waals surface area contributed by atoms with Crippen molar-refractivity contribution in [2.75, 3.05) is 9.96 Å². The molecule has 2 heterocycles. The van der Waals surface area contributed by atoms with Crippen LogP contribution in [-0.2, 0) is 24.5 Å². The summed E-state index contributed by atoms with van der Waals surface area (Å²) in [5, 5.41) is 1.50. The molecule has 2 aliphatic heterocycles. The van der Waals surface area contributed by atoms with E-state index in [2.05, 4.69) is 0 Å². The van der Waals surface area contributed by atoms with E-state index in [0.29, 0.717) is 16.9 Å². The van der Waals surface area contributed by atoms with E-state index < -0.39 is 40.0 Å². The van der Waals surface area contributed by atoms with E-state index in [4.69, 9.17) is 9.02 Å². The van der Waals surface area contributed by atoms with Crippen LogP contribution in [0.5, 0.6) is 5.75 Å². The number of fused-ring (bicyclic) bond motifs is 1. The van der Waals surface area contributed by atoms with Crippen molar-refractivity contribution in [3.05, 3.63) is 121 Å². The Kier molecular flexibility index (Phi) is 5.94. The Morgan fingerprint density at radius 2 is 1.21 bits per heavy atom. The molecular formula is C29H22N2O6S. The number of carbonyl (C=O) groups excluding carboxylic acids is 2. The molecule has 9 heteroatoms. The van der Waals surface area contributed by atoms with Gasteiger partial charge in [-0.05, 0) is 42.5 Å². The predicted octanol–water partition coefficient (Wildman–Crippen LogP) is 4.51. The number of benzene rings is 4. The molecule has 2 saturated heterocycles. The summed E-state index contributed by atoms with van der Waals surface area (Å²) in [6, 6.07) is 31.3. The number of hydrogen-bond donors (Lipinski definition) is 0. The fourth-order valence-corrected chi connectivity index (χ4v) is 5.89. The fourth-order valence-electron chi connectivity index (χ4n) is 4.91. The maximum atomic E-state index is 13.8. The highest BCUT2D eigenvalue weighted by Gasteiger charge is 2.60. The van der Waals surface area contributed by atoms with Crippen LogP contribution >= 0.6 is 0 Å². The summed E-state index contributed by atoms with van der Waals surface area (Å²) in [5.41, 5.74) is 1.46. The van der Waals surface area contributed by atoms with Crippen LogP contribution in [0.1, 0.15) is 11.6 Å². The van der Waals surface area contributed by atoms with Gasteiger partial charge in [0.2, 0.25) is 5.91 Å². The molecule has 0 N–H and O–H groups in total. The molecule has 4 aromatic rings. The molecular weight excluding hydrogens is 504 g/mol. The summed E-state index contributed by atoms with van der Waals surface area (Å²) in [7, 11) is -4.17. The standard InChI is InChI=1S/C29H22N2O6S/c32-28-25-26(23-18-10-11-19-24(23)37-38(34,35)22-16-8-3-9-17-22)31(21-14-6-2-7-15-21)36-27(25)29(33)30(28)20-12-4-1-5-13-20/h1-19,25-27H/t25-,26-,27-/m1/s1. The molecule has 190 valence electrons. The number of carbonyl (C=O) groups is 2. The first-order valence-electron chi connectivity index (χ1n) is 12.0. The van der Waals surface area contributed by atoms with E-state index in [1.54, 1.807) is 78.9 Å². The summed E-state index contributed by atoms with van der Waals surface area (Å²) in [4.78, 5) is 34.6. The maximum absolute atomic E-state index is 13.8. The van der Waals surface area contributed by atoms with Gasteiger partial charge < -0.3 is 4.18 Å². The Hall–Kier alpha value is -4.47. The van der Waals surface area contributed by atoms with E-state index in [-0.39, 0.29) is 10.6 Å². The number of imide groups is 1. The summed E-state index contributed by atoms with van der Waals surface area (Å²) >= 11 is 0. The van der Waals surface area contributed by atoms with E-state index in [9.17, 15) is 18.0 Å². The fraction of sp³-hybridized carbons (Fsp3) is 0.103. The second kappa shape index (κ2) is 9.44. The molecule has 0 aliphatic carbocycles. The van der Waals surface area contributed by atoms with Crippen LogP contribution in [0.3, 0.4) is 0 Å². The molecule has 8 nitrogen and oxygen atoms in total. The van der Waals surface area contributed by atoms with Gasteiger partial charge in [0.15, 0.2) is 6.10 Å². The lowest BCUT2D eigenvalue weighted by Crippen LogP contribution is -2.37. The first-order chi connectivity index (χ1) is 18.5. The van der Waals surface area contributed by atoms with Crippen molar-refractivity contribution in [1.82, 2.24) is 0 Å². The molecule has 2 amide bonds. The topological polar surface area (TPSA) is 93.2 Å². The van der Waals surface area contributed by atoms with Gasteiger partial charge in [-0.15, -0.1) is 0 Å². The third kappa shape index (κ3) is 4.02. The average Bonchev–Trinajstić information content (AvgIpc) is 3.46. The van der Waals surface area contributed by atoms with Gasteiger partial charge in [-0.2, -0.15) is 8.42 Å². The van der Waals surface area contributed by atoms with Gasteiger partial charge in [-0.3, -0.25) is 14.4 Å². The van der Waals surface area contributed by atoms with Crippen LogP contribution in [0.15, 0.2) is 120 Å². The summed E-state index contributed by atoms with van der Waals surface area (Å²) in [6.07, 6.45) is -1.09. The minimum Gasteiger partial charge on any atom is -0.379 e. The maximum Gasteiger partial charge on any atom is 0.339 e. The predicted molar refractivity (Wildman–Crippen MR) is 140 cm³/mol. The minimum absolute atomic E-state index is 0.00218. The van der Waals surface area contributed by atoms with E-state index in [1.807, 2.05) is 18.2 Å². The van der Waals surface area contributed by atoms with Gasteiger partial charge in [0, 0.05) is 5.56 Å². The quantitative estimate of drug-likeness (QED) is 0.270. The molecule has 0 bridgehead atoms. The summed E-state index contributed by atoms with van der Waals surface area (Å²) in [5.74, 6) is -1.81. The zero-order valence-corrected chi connectivity index (χ0v) is 20.8. The van der Waals surface area contributed by atoms with E-state index >= 15 is 0 Å². The Bertz CT molecular complexity index is 1600. The second-order valence-electron chi connectivity index (χ2n) is 8.89. The largest absolute Gasteiger partial charge is 0.379 e.